The van der Waals surface area contributed by atoms with Gasteiger partial charge in [-0.25, -0.2) is 9.97 Å². The lowest BCUT2D eigenvalue weighted by atomic mass is 10.2. The zero-order chi connectivity index (χ0) is 20.2. The molecule has 1 fully saturated rings. The van der Waals surface area contributed by atoms with Crippen molar-refractivity contribution in [3.63, 3.8) is 0 Å². The van der Waals surface area contributed by atoms with Crippen LogP contribution < -0.4 is 10.2 Å². The Hall–Kier alpha value is -2.42. The second-order valence-electron chi connectivity index (χ2n) is 6.59. The lowest BCUT2D eigenvalue weighted by Gasteiger charge is -2.28. The molecule has 1 N–H and O–H groups in total. The number of thioether (sulfide) groups is 1. The van der Waals surface area contributed by atoms with E-state index in [0.29, 0.717) is 22.1 Å². The molecule has 0 radical (unpaired) electrons. The van der Waals surface area contributed by atoms with Crippen LogP contribution in [0.3, 0.4) is 0 Å². The monoisotopic (exact) mass is 426 g/mol. The van der Waals surface area contributed by atoms with Crippen LogP contribution in [0.1, 0.15) is 16.1 Å². The summed E-state index contributed by atoms with van der Waals surface area (Å²) in [6.45, 7) is 5.12. The molecule has 0 bridgehead atoms. The lowest BCUT2D eigenvalue weighted by Crippen LogP contribution is -2.36. The molecule has 29 heavy (non-hydrogen) atoms. The van der Waals surface area contributed by atoms with Gasteiger partial charge in [-0.15, -0.1) is 23.1 Å². The SMILES string of the molecule is CSc1nc(-c2cccs2)nc(C)c1C(=O)Nc1ccc(N2CCOCC2)cc1. The molecular formula is C21H22N4O2S2. The number of carbonyl (C=O) groups excluding carboxylic acids is 1. The smallest absolute Gasteiger partial charge is 0.260 e. The van der Waals surface area contributed by atoms with Gasteiger partial charge in [0.05, 0.1) is 29.3 Å². The Bertz CT molecular complexity index is 985. The van der Waals surface area contributed by atoms with Gasteiger partial charge in [0.15, 0.2) is 5.82 Å². The van der Waals surface area contributed by atoms with Crippen molar-refractivity contribution in [3.8, 4) is 10.7 Å². The van der Waals surface area contributed by atoms with Gasteiger partial charge in [-0.05, 0) is 48.9 Å². The fourth-order valence-electron chi connectivity index (χ4n) is 3.24. The highest BCUT2D eigenvalue weighted by atomic mass is 32.2. The molecule has 0 unspecified atom stereocenters. The molecule has 150 valence electrons. The first-order valence-corrected chi connectivity index (χ1v) is 11.5. The van der Waals surface area contributed by atoms with E-state index in [2.05, 4.69) is 20.2 Å². The average molecular weight is 427 g/mol. The summed E-state index contributed by atoms with van der Waals surface area (Å²) in [7, 11) is 0. The highest BCUT2D eigenvalue weighted by Gasteiger charge is 2.20. The molecule has 0 saturated carbocycles. The molecule has 1 aliphatic heterocycles. The Kier molecular flexibility index (Phi) is 6.13. The number of carbonyl (C=O) groups is 1. The Morgan fingerprint density at radius 2 is 1.93 bits per heavy atom. The topological polar surface area (TPSA) is 67.4 Å². The van der Waals surface area contributed by atoms with Crippen molar-refractivity contribution in [2.45, 2.75) is 11.9 Å². The van der Waals surface area contributed by atoms with Crippen LogP contribution in [0.5, 0.6) is 0 Å². The van der Waals surface area contributed by atoms with Crippen molar-refractivity contribution < 1.29 is 9.53 Å². The van der Waals surface area contributed by atoms with Crippen LogP contribution >= 0.6 is 23.1 Å². The van der Waals surface area contributed by atoms with Crippen molar-refractivity contribution in [2.24, 2.45) is 0 Å². The van der Waals surface area contributed by atoms with Gasteiger partial charge >= 0.3 is 0 Å². The summed E-state index contributed by atoms with van der Waals surface area (Å²) in [5, 5.41) is 5.66. The third-order valence-corrected chi connectivity index (χ3v) is 6.27. The molecule has 1 aliphatic rings. The Labute approximate surface area is 178 Å². The molecule has 4 rings (SSSR count). The highest BCUT2D eigenvalue weighted by molar-refractivity contribution is 7.98. The first kappa shape index (κ1) is 19.9. The molecule has 1 amide bonds. The van der Waals surface area contributed by atoms with E-state index in [4.69, 9.17) is 4.74 Å². The number of ether oxygens (including phenoxy) is 1. The second-order valence-corrected chi connectivity index (χ2v) is 8.34. The Morgan fingerprint density at radius 1 is 1.17 bits per heavy atom. The fourth-order valence-corrected chi connectivity index (χ4v) is 4.52. The van der Waals surface area contributed by atoms with Crippen LogP contribution in [0.4, 0.5) is 11.4 Å². The number of thiophene rings is 1. The molecular weight excluding hydrogens is 404 g/mol. The number of morpholine rings is 1. The van der Waals surface area contributed by atoms with Gasteiger partial charge in [-0.1, -0.05) is 6.07 Å². The van der Waals surface area contributed by atoms with Gasteiger partial charge in [0.1, 0.15) is 5.03 Å². The molecule has 0 aliphatic carbocycles. The number of aromatic nitrogens is 2. The van der Waals surface area contributed by atoms with Gasteiger partial charge in [-0.2, -0.15) is 0 Å². The minimum Gasteiger partial charge on any atom is -0.378 e. The first-order chi connectivity index (χ1) is 14.2. The van der Waals surface area contributed by atoms with Gasteiger partial charge in [0.25, 0.3) is 5.91 Å². The number of aryl methyl sites for hydroxylation is 1. The summed E-state index contributed by atoms with van der Waals surface area (Å²) in [5.41, 5.74) is 3.09. The van der Waals surface area contributed by atoms with Crippen molar-refractivity contribution in [1.82, 2.24) is 9.97 Å². The lowest BCUT2D eigenvalue weighted by molar-refractivity contribution is 0.102. The van der Waals surface area contributed by atoms with E-state index in [1.807, 2.05) is 55.0 Å². The zero-order valence-electron chi connectivity index (χ0n) is 16.3. The summed E-state index contributed by atoms with van der Waals surface area (Å²) >= 11 is 3.04. The van der Waals surface area contributed by atoms with Gasteiger partial charge in [-0.3, -0.25) is 4.79 Å². The molecule has 1 aromatic carbocycles. The van der Waals surface area contributed by atoms with E-state index in [0.717, 1.165) is 42.6 Å². The van der Waals surface area contributed by atoms with Gasteiger partial charge in [0.2, 0.25) is 0 Å². The van der Waals surface area contributed by atoms with Crippen LogP contribution in [0.25, 0.3) is 10.7 Å². The normalized spacial score (nSPS) is 14.1. The van der Waals surface area contributed by atoms with E-state index in [9.17, 15) is 4.79 Å². The maximum atomic E-state index is 13.0. The number of anilines is 2. The molecule has 3 aromatic rings. The number of hydrogen-bond acceptors (Lipinski definition) is 7. The van der Waals surface area contributed by atoms with Crippen LogP contribution in [-0.2, 0) is 4.74 Å². The number of hydrogen-bond donors (Lipinski definition) is 1. The minimum absolute atomic E-state index is 0.191. The number of nitrogens with one attached hydrogen (secondary N) is 1. The summed E-state index contributed by atoms with van der Waals surface area (Å²) < 4.78 is 5.40. The molecule has 2 aromatic heterocycles. The van der Waals surface area contributed by atoms with Crippen molar-refractivity contribution >= 4 is 40.4 Å². The number of rotatable bonds is 5. The van der Waals surface area contributed by atoms with Gasteiger partial charge in [0, 0.05) is 24.5 Å². The molecule has 0 atom stereocenters. The van der Waals surface area contributed by atoms with Crippen molar-refractivity contribution in [2.75, 3.05) is 42.8 Å². The van der Waals surface area contributed by atoms with E-state index in [1.54, 1.807) is 11.3 Å². The second kappa shape index (κ2) is 8.94. The van der Waals surface area contributed by atoms with Crippen LogP contribution in [0.15, 0.2) is 46.8 Å². The maximum absolute atomic E-state index is 13.0. The quantitative estimate of drug-likeness (QED) is 0.484. The van der Waals surface area contributed by atoms with E-state index in [-0.39, 0.29) is 5.91 Å². The zero-order valence-corrected chi connectivity index (χ0v) is 18.0. The fraction of sp³-hybridized carbons (Fsp3) is 0.286. The highest BCUT2D eigenvalue weighted by Crippen LogP contribution is 2.28. The summed E-state index contributed by atoms with van der Waals surface area (Å²) in [6.07, 6.45) is 1.92. The third kappa shape index (κ3) is 4.44. The van der Waals surface area contributed by atoms with Crippen molar-refractivity contribution in [3.05, 3.63) is 53.0 Å². The van der Waals surface area contributed by atoms with Crippen LogP contribution in [0.2, 0.25) is 0 Å². The molecule has 0 spiro atoms. The summed E-state index contributed by atoms with van der Waals surface area (Å²) in [5.74, 6) is 0.469. The van der Waals surface area contributed by atoms with Crippen LogP contribution in [0, 0.1) is 6.92 Å². The van der Waals surface area contributed by atoms with E-state index < -0.39 is 0 Å². The molecule has 8 heteroatoms. The Morgan fingerprint density at radius 3 is 2.59 bits per heavy atom. The standard InChI is InChI=1S/C21H22N4O2S2/c1-14-18(21(28-2)24-19(22-14)17-4-3-13-29-17)20(26)23-15-5-7-16(8-6-15)25-9-11-27-12-10-25/h3-8,13H,9-12H2,1-2H3,(H,23,26). The van der Waals surface area contributed by atoms with Crippen molar-refractivity contribution in [1.29, 1.82) is 0 Å². The Balaban J connectivity index is 1.53. The van der Waals surface area contributed by atoms with Gasteiger partial charge < -0.3 is 15.0 Å². The summed E-state index contributed by atoms with van der Waals surface area (Å²) in [4.78, 5) is 25.4. The van der Waals surface area contributed by atoms with E-state index >= 15 is 0 Å². The minimum atomic E-state index is -0.191. The third-order valence-electron chi connectivity index (χ3n) is 4.72. The number of amides is 1. The molecule has 3 heterocycles. The number of nitrogens with zero attached hydrogens (tertiary/aromatic N) is 3. The predicted molar refractivity (Wildman–Crippen MR) is 119 cm³/mol. The number of benzene rings is 1. The predicted octanol–water partition coefficient (Wildman–Crippen LogP) is 4.32. The average Bonchev–Trinajstić information content (AvgIpc) is 3.29. The summed E-state index contributed by atoms with van der Waals surface area (Å²) in [6, 6.07) is 11.9. The van der Waals surface area contributed by atoms with Crippen LogP contribution in [-0.4, -0.2) is 48.4 Å². The van der Waals surface area contributed by atoms with E-state index in [1.165, 1.54) is 11.8 Å². The largest absolute Gasteiger partial charge is 0.378 e. The first-order valence-electron chi connectivity index (χ1n) is 9.36. The molecule has 1 saturated heterocycles. The molecule has 6 nitrogen and oxygen atoms in total. The maximum Gasteiger partial charge on any atom is 0.260 e.